The largest absolute Gasteiger partial charge is 0.314 e. The number of hydrogen-bond donors (Lipinski definition) is 0. The van der Waals surface area contributed by atoms with Crippen molar-refractivity contribution >= 4 is 22.6 Å². The molecule has 0 saturated heterocycles. The Balaban J connectivity index is 2.58. The lowest BCUT2D eigenvalue weighted by Crippen LogP contribution is -2.18. The molecule has 0 bridgehead atoms. The van der Waals surface area contributed by atoms with Crippen LogP contribution in [0, 0.1) is 9.49 Å². The molecule has 1 aromatic heterocycles. The minimum absolute atomic E-state index is 0.106. The van der Waals surface area contributed by atoms with E-state index in [1.165, 1.54) is 6.42 Å². The minimum Gasteiger partial charge on any atom is -0.314 e. The Bertz CT molecular complexity index is 343. The van der Waals surface area contributed by atoms with Gasteiger partial charge in [-0.05, 0) is 47.4 Å². The summed E-state index contributed by atoms with van der Waals surface area (Å²) in [5.41, 5.74) is 0.106. The molecule has 0 fully saturated rings. The van der Waals surface area contributed by atoms with Crippen molar-refractivity contribution in [3.63, 3.8) is 0 Å². The monoisotopic (exact) mass is 305 g/mol. The molecule has 1 aromatic rings. The maximum atomic E-state index is 11.4. The smallest absolute Gasteiger partial charge is 0.250 e. The van der Waals surface area contributed by atoms with Crippen molar-refractivity contribution < 1.29 is 0 Å². The first kappa shape index (κ1) is 11.8. The molecular formula is C11H16INO. The summed E-state index contributed by atoms with van der Waals surface area (Å²) in [7, 11) is 0. The molecule has 0 aliphatic rings. The van der Waals surface area contributed by atoms with Gasteiger partial charge in [0.15, 0.2) is 0 Å². The van der Waals surface area contributed by atoms with E-state index in [1.54, 1.807) is 10.6 Å². The third-order valence-corrected chi connectivity index (χ3v) is 2.77. The van der Waals surface area contributed by atoms with Gasteiger partial charge in [0.2, 0.25) is 0 Å². The van der Waals surface area contributed by atoms with Crippen LogP contribution in [0.25, 0.3) is 0 Å². The van der Waals surface area contributed by atoms with Crippen molar-refractivity contribution in [3.8, 4) is 0 Å². The van der Waals surface area contributed by atoms with Gasteiger partial charge in [0.25, 0.3) is 5.56 Å². The molecule has 0 atom stereocenters. The Labute approximate surface area is 98.5 Å². The summed E-state index contributed by atoms with van der Waals surface area (Å²) in [6.45, 7) is 5.25. The molecule has 0 amide bonds. The van der Waals surface area contributed by atoms with Gasteiger partial charge in [0.1, 0.15) is 0 Å². The lowest BCUT2D eigenvalue weighted by atomic mass is 10.1. The van der Waals surface area contributed by atoms with Gasteiger partial charge < -0.3 is 4.57 Å². The van der Waals surface area contributed by atoms with Crippen LogP contribution in [0.3, 0.4) is 0 Å². The number of aromatic nitrogens is 1. The Morgan fingerprint density at radius 1 is 1.43 bits per heavy atom. The van der Waals surface area contributed by atoms with Crippen molar-refractivity contribution in [1.82, 2.24) is 4.57 Å². The van der Waals surface area contributed by atoms with E-state index in [0.717, 1.165) is 16.5 Å². The molecule has 14 heavy (non-hydrogen) atoms. The number of halogens is 1. The Morgan fingerprint density at radius 3 is 2.79 bits per heavy atom. The predicted molar refractivity (Wildman–Crippen MR) is 67.5 cm³/mol. The highest BCUT2D eigenvalue weighted by Gasteiger charge is 1.98. The van der Waals surface area contributed by atoms with Crippen molar-refractivity contribution in [2.24, 2.45) is 5.92 Å². The zero-order valence-corrected chi connectivity index (χ0v) is 10.8. The number of pyridine rings is 1. The average Bonchev–Trinajstić information content (AvgIpc) is 2.10. The van der Waals surface area contributed by atoms with Crippen molar-refractivity contribution in [1.29, 1.82) is 0 Å². The van der Waals surface area contributed by atoms with Crippen LogP contribution in [0.15, 0.2) is 23.1 Å². The zero-order chi connectivity index (χ0) is 10.6. The SMILES string of the molecule is CC(C)CCCn1cc(I)ccc1=O. The highest BCUT2D eigenvalue weighted by molar-refractivity contribution is 14.1. The molecule has 0 radical (unpaired) electrons. The first-order valence-electron chi connectivity index (χ1n) is 4.95. The normalized spacial score (nSPS) is 10.9. The van der Waals surface area contributed by atoms with Gasteiger partial charge in [-0.2, -0.15) is 0 Å². The van der Waals surface area contributed by atoms with E-state index in [0.29, 0.717) is 5.92 Å². The van der Waals surface area contributed by atoms with E-state index < -0.39 is 0 Å². The van der Waals surface area contributed by atoms with Crippen molar-refractivity contribution in [3.05, 3.63) is 32.3 Å². The van der Waals surface area contributed by atoms with Crippen LogP contribution >= 0.6 is 22.6 Å². The fourth-order valence-electron chi connectivity index (χ4n) is 1.35. The van der Waals surface area contributed by atoms with Crippen LogP contribution in [-0.4, -0.2) is 4.57 Å². The van der Waals surface area contributed by atoms with Gasteiger partial charge in [-0.25, -0.2) is 0 Å². The fraction of sp³-hybridized carbons (Fsp3) is 0.545. The fourth-order valence-corrected chi connectivity index (χ4v) is 1.86. The van der Waals surface area contributed by atoms with Crippen molar-refractivity contribution in [2.45, 2.75) is 33.2 Å². The quantitative estimate of drug-likeness (QED) is 0.784. The molecular weight excluding hydrogens is 289 g/mol. The summed E-state index contributed by atoms with van der Waals surface area (Å²) in [5.74, 6) is 0.716. The molecule has 1 heterocycles. The highest BCUT2D eigenvalue weighted by Crippen LogP contribution is 2.05. The van der Waals surface area contributed by atoms with Gasteiger partial charge in [-0.1, -0.05) is 13.8 Å². The number of nitrogens with zero attached hydrogens (tertiary/aromatic N) is 1. The number of aryl methyl sites for hydroxylation is 1. The maximum absolute atomic E-state index is 11.4. The lowest BCUT2D eigenvalue weighted by Gasteiger charge is -2.07. The van der Waals surface area contributed by atoms with E-state index in [2.05, 4.69) is 36.4 Å². The summed E-state index contributed by atoms with van der Waals surface area (Å²) >= 11 is 2.23. The predicted octanol–water partition coefficient (Wildman–Crippen LogP) is 2.89. The summed E-state index contributed by atoms with van der Waals surface area (Å²) < 4.78 is 2.91. The van der Waals surface area contributed by atoms with Gasteiger partial charge in [-0.15, -0.1) is 0 Å². The van der Waals surface area contributed by atoms with Crippen LogP contribution in [0.5, 0.6) is 0 Å². The van der Waals surface area contributed by atoms with E-state index in [9.17, 15) is 4.79 Å². The van der Waals surface area contributed by atoms with E-state index in [1.807, 2.05) is 12.3 Å². The molecule has 3 heteroatoms. The molecule has 0 saturated carbocycles. The summed E-state index contributed by atoms with van der Waals surface area (Å²) in [5, 5.41) is 0. The summed E-state index contributed by atoms with van der Waals surface area (Å²) in [4.78, 5) is 11.4. The minimum atomic E-state index is 0.106. The van der Waals surface area contributed by atoms with E-state index >= 15 is 0 Å². The molecule has 2 nitrogen and oxygen atoms in total. The zero-order valence-electron chi connectivity index (χ0n) is 8.66. The number of hydrogen-bond acceptors (Lipinski definition) is 1. The maximum Gasteiger partial charge on any atom is 0.250 e. The second-order valence-corrected chi connectivity index (χ2v) is 5.16. The van der Waals surface area contributed by atoms with E-state index in [4.69, 9.17) is 0 Å². The second-order valence-electron chi connectivity index (χ2n) is 3.92. The first-order valence-corrected chi connectivity index (χ1v) is 6.03. The van der Waals surface area contributed by atoms with Crippen LogP contribution in [0.1, 0.15) is 26.7 Å². The number of rotatable bonds is 4. The Hall–Kier alpha value is -0.320. The van der Waals surface area contributed by atoms with Crippen molar-refractivity contribution in [2.75, 3.05) is 0 Å². The summed E-state index contributed by atoms with van der Waals surface area (Å²) in [6.07, 6.45) is 4.18. The van der Waals surface area contributed by atoms with Crippen LogP contribution in [0.4, 0.5) is 0 Å². The van der Waals surface area contributed by atoms with Gasteiger partial charge >= 0.3 is 0 Å². The van der Waals surface area contributed by atoms with Crippen LogP contribution in [0.2, 0.25) is 0 Å². The van der Waals surface area contributed by atoms with Gasteiger partial charge in [0.05, 0.1) is 0 Å². The molecule has 78 valence electrons. The molecule has 1 rings (SSSR count). The Morgan fingerprint density at radius 2 is 2.14 bits per heavy atom. The van der Waals surface area contributed by atoms with Gasteiger partial charge in [-0.3, -0.25) is 4.79 Å². The highest BCUT2D eigenvalue weighted by atomic mass is 127. The van der Waals surface area contributed by atoms with Gasteiger partial charge in [0, 0.05) is 22.4 Å². The third-order valence-electron chi connectivity index (χ3n) is 2.13. The topological polar surface area (TPSA) is 22.0 Å². The molecule has 0 spiro atoms. The average molecular weight is 305 g/mol. The molecule has 0 aliphatic heterocycles. The molecule has 0 N–H and O–H groups in total. The second kappa shape index (κ2) is 5.53. The standard InChI is InChI=1S/C11H16INO/c1-9(2)4-3-7-13-8-10(12)5-6-11(13)14/h5-6,8-9H,3-4,7H2,1-2H3. The van der Waals surface area contributed by atoms with Crippen LogP contribution < -0.4 is 5.56 Å². The molecule has 0 unspecified atom stereocenters. The molecule has 0 aromatic carbocycles. The molecule has 0 aliphatic carbocycles. The first-order chi connectivity index (χ1) is 6.59. The van der Waals surface area contributed by atoms with E-state index in [-0.39, 0.29) is 5.56 Å². The third kappa shape index (κ3) is 3.82. The van der Waals surface area contributed by atoms with Crippen LogP contribution in [-0.2, 0) is 6.54 Å². The Kier molecular flexibility index (Phi) is 4.65. The summed E-state index contributed by atoms with van der Waals surface area (Å²) in [6, 6.07) is 3.49. The lowest BCUT2D eigenvalue weighted by molar-refractivity contribution is 0.505.